The summed E-state index contributed by atoms with van der Waals surface area (Å²) in [6.45, 7) is -0.861. The highest BCUT2D eigenvalue weighted by atomic mass is 32.2. The van der Waals surface area contributed by atoms with E-state index in [1.807, 2.05) is 0 Å². The molecule has 0 aliphatic carbocycles. The number of carboxylic acid groups (broad SMARTS) is 1. The molecule has 0 amide bonds. The maximum Gasteiger partial charge on any atom is 0.363 e. The van der Waals surface area contributed by atoms with Crippen molar-refractivity contribution >= 4 is 21.8 Å². The summed E-state index contributed by atoms with van der Waals surface area (Å²) in [6.07, 6.45) is 0.755. The van der Waals surface area contributed by atoms with Crippen molar-refractivity contribution in [3.05, 3.63) is 28.4 Å². The number of nitrogens with one attached hydrogen (secondary N) is 1. The van der Waals surface area contributed by atoms with Gasteiger partial charge in [-0.05, 0) is 16.0 Å². The van der Waals surface area contributed by atoms with E-state index in [2.05, 4.69) is 9.82 Å². The number of hydrogen-bond donors (Lipinski definition) is 2. The molecule has 0 unspecified atom stereocenters. The van der Waals surface area contributed by atoms with Crippen LogP contribution in [0.3, 0.4) is 0 Å². The first-order chi connectivity index (χ1) is 8.33. The lowest BCUT2D eigenvalue weighted by Gasteiger charge is -2.03. The van der Waals surface area contributed by atoms with Crippen LogP contribution in [0.1, 0.15) is 0 Å². The number of nitrogens with zero attached hydrogens (tertiary/aromatic N) is 2. The molecule has 1 aromatic rings. The van der Waals surface area contributed by atoms with Crippen molar-refractivity contribution in [3.63, 3.8) is 0 Å². The summed E-state index contributed by atoms with van der Waals surface area (Å²) in [5.41, 5.74) is 0. The summed E-state index contributed by atoms with van der Waals surface area (Å²) in [6, 6.07) is 1.84. The minimum atomic E-state index is -4.12. The van der Waals surface area contributed by atoms with Gasteiger partial charge in [0.15, 0.2) is 12.8 Å². The molecule has 18 heavy (non-hydrogen) atoms. The largest absolute Gasteiger partial charge is 0.479 e. The van der Waals surface area contributed by atoms with E-state index in [4.69, 9.17) is 5.11 Å². The summed E-state index contributed by atoms with van der Waals surface area (Å²) in [5.74, 6) is -1.88. The molecule has 0 saturated heterocycles. The van der Waals surface area contributed by atoms with Gasteiger partial charge in [0.25, 0.3) is 10.0 Å². The van der Waals surface area contributed by atoms with Crippen LogP contribution in [0, 0.1) is 10.1 Å². The second-order valence-corrected chi connectivity index (χ2v) is 4.52. The molecule has 0 radical (unpaired) electrons. The molecule has 1 rings (SSSR count). The molecular formula is C7H7N3O7S. The lowest BCUT2D eigenvalue weighted by molar-refractivity contribution is -0.389. The Kier molecular flexibility index (Phi) is 4.25. The molecule has 98 valence electrons. The molecule has 11 heteroatoms. The second kappa shape index (κ2) is 5.48. The zero-order valence-corrected chi connectivity index (χ0v) is 9.46. The van der Waals surface area contributed by atoms with Crippen molar-refractivity contribution in [2.45, 2.75) is 4.90 Å². The van der Waals surface area contributed by atoms with Crippen LogP contribution in [0.4, 0.5) is 5.82 Å². The van der Waals surface area contributed by atoms with E-state index in [1.54, 1.807) is 0 Å². The monoisotopic (exact) mass is 277 g/mol. The second-order valence-electron chi connectivity index (χ2n) is 2.88. The van der Waals surface area contributed by atoms with E-state index in [0.29, 0.717) is 0 Å². The van der Waals surface area contributed by atoms with E-state index in [-0.39, 0.29) is 0 Å². The van der Waals surface area contributed by atoms with Crippen molar-refractivity contribution < 1.29 is 28.1 Å². The Morgan fingerprint density at radius 2 is 2.22 bits per heavy atom. The van der Waals surface area contributed by atoms with Crippen LogP contribution >= 0.6 is 0 Å². The fraction of sp³-hybridized carbons (Fsp3) is 0.143. The van der Waals surface area contributed by atoms with Gasteiger partial charge in [0.1, 0.15) is 4.90 Å². The molecule has 0 atom stereocenters. The van der Waals surface area contributed by atoms with Crippen molar-refractivity contribution in [2.24, 2.45) is 0 Å². The summed E-state index contributed by atoms with van der Waals surface area (Å²) in [7, 11) is -4.12. The van der Waals surface area contributed by atoms with E-state index >= 15 is 0 Å². The van der Waals surface area contributed by atoms with Crippen LogP contribution in [0.25, 0.3) is 0 Å². The van der Waals surface area contributed by atoms with Gasteiger partial charge in [-0.15, -0.1) is 0 Å². The number of carbonyl (C=O) groups is 1. The van der Waals surface area contributed by atoms with Gasteiger partial charge in [0.2, 0.25) is 0 Å². The van der Waals surface area contributed by atoms with Gasteiger partial charge in [-0.1, -0.05) is 4.89 Å². The molecule has 0 spiro atoms. The van der Waals surface area contributed by atoms with Gasteiger partial charge in [-0.3, -0.25) is 4.84 Å². The first kappa shape index (κ1) is 14.0. The Bertz CT molecular complexity index is 553. The quantitative estimate of drug-likeness (QED) is 0.511. The number of sulfonamides is 1. The normalized spacial score (nSPS) is 11.1. The average Bonchev–Trinajstić information content (AvgIpc) is 2.28. The van der Waals surface area contributed by atoms with Gasteiger partial charge in [0.05, 0.1) is 0 Å². The number of rotatable bonds is 6. The highest BCUT2D eigenvalue weighted by Crippen LogP contribution is 2.11. The predicted octanol–water partition coefficient (Wildman–Crippen LogP) is -0.716. The maximum atomic E-state index is 11.5. The summed E-state index contributed by atoms with van der Waals surface area (Å²) >= 11 is 0. The molecule has 10 nitrogen and oxygen atoms in total. The molecule has 0 aromatic carbocycles. The summed E-state index contributed by atoms with van der Waals surface area (Å²) in [5, 5.41) is 18.5. The predicted molar refractivity (Wildman–Crippen MR) is 54.8 cm³/mol. The number of aromatic nitrogens is 1. The van der Waals surface area contributed by atoms with Crippen molar-refractivity contribution in [3.8, 4) is 0 Å². The summed E-state index contributed by atoms with van der Waals surface area (Å²) < 4.78 is 22.9. The van der Waals surface area contributed by atoms with Gasteiger partial charge in [-0.2, -0.15) is 0 Å². The molecule has 0 bridgehead atoms. The van der Waals surface area contributed by atoms with E-state index in [9.17, 15) is 23.3 Å². The third-order valence-corrected chi connectivity index (χ3v) is 2.78. The Morgan fingerprint density at radius 1 is 1.56 bits per heavy atom. The van der Waals surface area contributed by atoms with Gasteiger partial charge < -0.3 is 15.2 Å². The number of aliphatic carboxylic acids is 1. The Labute approximate surface area is 100 Å². The smallest absolute Gasteiger partial charge is 0.363 e. The highest BCUT2D eigenvalue weighted by molar-refractivity contribution is 7.89. The molecule has 0 aliphatic rings. The van der Waals surface area contributed by atoms with Crippen LogP contribution in [-0.2, 0) is 19.7 Å². The number of nitro groups is 1. The van der Waals surface area contributed by atoms with Crippen LogP contribution < -0.4 is 4.89 Å². The third-order valence-electron chi connectivity index (χ3n) is 1.58. The standard InChI is InChI=1S/C7H7N3O7S/c11-7(12)4-17-9-18(15,16)5-1-2-6(8-3-5)10(13)14/h1-3,9H,4H2,(H,11,12). The minimum Gasteiger partial charge on any atom is -0.479 e. The minimum absolute atomic E-state index is 0.390. The molecule has 2 N–H and O–H groups in total. The van der Waals surface area contributed by atoms with E-state index < -0.39 is 38.2 Å². The van der Waals surface area contributed by atoms with Gasteiger partial charge in [0, 0.05) is 6.07 Å². The number of hydrogen-bond acceptors (Lipinski definition) is 7. The third kappa shape index (κ3) is 3.73. The fourth-order valence-corrected chi connectivity index (χ4v) is 1.61. The zero-order chi connectivity index (χ0) is 13.8. The SMILES string of the molecule is O=C(O)CONS(=O)(=O)c1ccc([N+](=O)[O-])nc1. The van der Waals surface area contributed by atoms with Crippen molar-refractivity contribution in [2.75, 3.05) is 6.61 Å². The lowest BCUT2D eigenvalue weighted by Crippen LogP contribution is -2.26. The molecule has 0 saturated carbocycles. The lowest BCUT2D eigenvalue weighted by atomic mass is 10.5. The molecule has 0 aliphatic heterocycles. The fourth-order valence-electron chi connectivity index (χ4n) is 0.856. The molecular weight excluding hydrogens is 270 g/mol. The molecule has 1 heterocycles. The molecule has 0 fully saturated rings. The van der Waals surface area contributed by atoms with Crippen LogP contribution in [0.2, 0.25) is 0 Å². The van der Waals surface area contributed by atoms with E-state index in [0.717, 1.165) is 18.3 Å². The Hall–Kier alpha value is -2.11. The number of pyridine rings is 1. The van der Waals surface area contributed by atoms with Gasteiger partial charge in [-0.25, -0.2) is 13.2 Å². The first-order valence-electron chi connectivity index (χ1n) is 4.29. The van der Waals surface area contributed by atoms with Gasteiger partial charge >= 0.3 is 11.8 Å². The first-order valence-corrected chi connectivity index (χ1v) is 5.77. The van der Waals surface area contributed by atoms with Crippen LogP contribution in [0.15, 0.2) is 23.2 Å². The zero-order valence-electron chi connectivity index (χ0n) is 8.64. The maximum absolute atomic E-state index is 11.5. The van der Waals surface area contributed by atoms with Crippen LogP contribution in [-0.4, -0.2) is 36.0 Å². The van der Waals surface area contributed by atoms with E-state index in [1.165, 1.54) is 4.89 Å². The Balaban J connectivity index is 2.79. The topological polar surface area (TPSA) is 149 Å². The highest BCUT2D eigenvalue weighted by Gasteiger charge is 2.18. The van der Waals surface area contributed by atoms with Crippen molar-refractivity contribution in [1.82, 2.24) is 9.87 Å². The Morgan fingerprint density at radius 3 is 2.67 bits per heavy atom. The average molecular weight is 277 g/mol. The van der Waals surface area contributed by atoms with Crippen molar-refractivity contribution in [1.29, 1.82) is 0 Å². The summed E-state index contributed by atoms with van der Waals surface area (Å²) in [4.78, 5) is 28.2. The van der Waals surface area contributed by atoms with Crippen LogP contribution in [0.5, 0.6) is 0 Å². The number of carboxylic acids is 1. The molecule has 1 aromatic heterocycles.